The molecule has 0 amide bonds. The lowest BCUT2D eigenvalue weighted by Crippen LogP contribution is -2.25. The van der Waals surface area contributed by atoms with Crippen molar-refractivity contribution in [3.8, 4) is 0 Å². The van der Waals surface area contributed by atoms with Crippen molar-refractivity contribution in [3.63, 3.8) is 0 Å². The minimum Gasteiger partial charge on any atom is -0.367 e. The molecule has 0 unspecified atom stereocenters. The summed E-state index contributed by atoms with van der Waals surface area (Å²) in [6.45, 7) is 3.21. The normalized spacial score (nSPS) is 19.1. The predicted octanol–water partition coefficient (Wildman–Crippen LogP) is 3.37. The highest BCUT2D eigenvalue weighted by Crippen LogP contribution is 2.19. The molecule has 1 aromatic heterocycles. The smallest absolute Gasteiger partial charge is 0.0967 e. The highest BCUT2D eigenvalue weighted by atomic mass is 32.1. The third-order valence-electron chi connectivity index (χ3n) is 2.73. The van der Waals surface area contributed by atoms with E-state index in [0.717, 1.165) is 13.0 Å². The molecule has 1 aliphatic heterocycles. The Morgan fingerprint density at radius 3 is 3.13 bits per heavy atom. The van der Waals surface area contributed by atoms with Crippen molar-refractivity contribution in [2.75, 3.05) is 6.54 Å². The lowest BCUT2D eigenvalue weighted by atomic mass is 10.2. The van der Waals surface area contributed by atoms with E-state index in [4.69, 9.17) is 0 Å². The van der Waals surface area contributed by atoms with Crippen molar-refractivity contribution in [2.45, 2.75) is 38.6 Å². The van der Waals surface area contributed by atoms with Gasteiger partial charge in [-0.3, -0.25) is 4.99 Å². The standard InChI is InChI=1S/C12H18N2S/c1-10(11-6-5-9-15-11)14-12-7-3-2-4-8-13-12/h5-6,9-10H,2-4,7-8H2,1H3,(H,13,14)/t10-/m1/s1. The van der Waals surface area contributed by atoms with Crippen molar-refractivity contribution in [1.82, 2.24) is 5.32 Å². The number of hydrogen-bond acceptors (Lipinski definition) is 3. The second-order valence-corrected chi connectivity index (χ2v) is 5.00. The van der Waals surface area contributed by atoms with Gasteiger partial charge in [-0.1, -0.05) is 12.5 Å². The molecular formula is C12H18N2S. The number of rotatable bonds is 2. The van der Waals surface area contributed by atoms with Gasteiger partial charge in [0, 0.05) is 17.8 Å². The van der Waals surface area contributed by atoms with Gasteiger partial charge in [-0.05, 0) is 31.2 Å². The summed E-state index contributed by atoms with van der Waals surface area (Å²) < 4.78 is 0. The molecule has 2 nitrogen and oxygen atoms in total. The van der Waals surface area contributed by atoms with Crippen molar-refractivity contribution in [3.05, 3.63) is 22.4 Å². The lowest BCUT2D eigenvalue weighted by Gasteiger charge is -2.14. The van der Waals surface area contributed by atoms with Crippen molar-refractivity contribution >= 4 is 17.2 Å². The third-order valence-corrected chi connectivity index (χ3v) is 3.78. The fraction of sp³-hybridized carbons (Fsp3) is 0.583. The highest BCUT2D eigenvalue weighted by molar-refractivity contribution is 7.10. The molecule has 0 aromatic carbocycles. The maximum atomic E-state index is 4.58. The molecule has 0 saturated carbocycles. The molecule has 0 saturated heterocycles. The summed E-state index contributed by atoms with van der Waals surface area (Å²) in [5.74, 6) is 1.20. The summed E-state index contributed by atoms with van der Waals surface area (Å²) in [6.07, 6.45) is 4.97. The first-order valence-corrected chi connectivity index (χ1v) is 6.57. The van der Waals surface area contributed by atoms with Crippen LogP contribution in [-0.2, 0) is 0 Å². The predicted molar refractivity (Wildman–Crippen MR) is 66.6 cm³/mol. The molecule has 1 atom stereocenters. The minimum atomic E-state index is 0.404. The number of thiophene rings is 1. The highest BCUT2D eigenvalue weighted by Gasteiger charge is 2.09. The Labute approximate surface area is 95.4 Å². The average molecular weight is 222 g/mol. The van der Waals surface area contributed by atoms with Gasteiger partial charge in [-0.2, -0.15) is 0 Å². The fourth-order valence-corrected chi connectivity index (χ4v) is 2.59. The Bertz CT molecular complexity index is 316. The van der Waals surface area contributed by atoms with E-state index in [2.05, 4.69) is 34.7 Å². The molecular weight excluding hydrogens is 204 g/mol. The molecule has 82 valence electrons. The molecule has 0 fully saturated rings. The lowest BCUT2D eigenvalue weighted by molar-refractivity contribution is 0.703. The monoisotopic (exact) mass is 222 g/mol. The minimum absolute atomic E-state index is 0.404. The van der Waals surface area contributed by atoms with Crippen molar-refractivity contribution in [1.29, 1.82) is 0 Å². The summed E-state index contributed by atoms with van der Waals surface area (Å²) in [5.41, 5.74) is 0. The number of nitrogens with one attached hydrogen (secondary N) is 1. The number of aliphatic imine (C=N–C) groups is 1. The second kappa shape index (κ2) is 5.31. The molecule has 1 aromatic rings. The van der Waals surface area contributed by atoms with Crippen LogP contribution in [0.25, 0.3) is 0 Å². The average Bonchev–Trinajstić information content (AvgIpc) is 2.65. The van der Waals surface area contributed by atoms with Crippen LogP contribution in [0.2, 0.25) is 0 Å². The molecule has 1 N–H and O–H groups in total. The van der Waals surface area contributed by atoms with Crippen LogP contribution in [0.3, 0.4) is 0 Å². The first kappa shape index (κ1) is 10.7. The Hall–Kier alpha value is -0.830. The summed E-state index contributed by atoms with van der Waals surface area (Å²) in [6, 6.07) is 4.69. The van der Waals surface area contributed by atoms with E-state index in [0.29, 0.717) is 6.04 Å². The number of nitrogens with zero attached hydrogens (tertiary/aromatic N) is 1. The van der Waals surface area contributed by atoms with Gasteiger partial charge < -0.3 is 5.32 Å². The molecule has 2 heterocycles. The number of hydrogen-bond donors (Lipinski definition) is 1. The number of amidine groups is 1. The molecule has 1 aliphatic rings. The first-order chi connectivity index (χ1) is 7.36. The van der Waals surface area contributed by atoms with Gasteiger partial charge in [0.15, 0.2) is 0 Å². The van der Waals surface area contributed by atoms with Gasteiger partial charge in [-0.25, -0.2) is 0 Å². The molecule has 15 heavy (non-hydrogen) atoms. The van der Waals surface area contributed by atoms with E-state index < -0.39 is 0 Å². The van der Waals surface area contributed by atoms with Crippen LogP contribution in [0, 0.1) is 0 Å². The van der Waals surface area contributed by atoms with E-state index in [-0.39, 0.29) is 0 Å². The summed E-state index contributed by atoms with van der Waals surface area (Å²) in [5, 5.41) is 5.65. The van der Waals surface area contributed by atoms with E-state index in [1.54, 1.807) is 0 Å². The van der Waals surface area contributed by atoms with Crippen LogP contribution < -0.4 is 5.32 Å². The van der Waals surface area contributed by atoms with Crippen LogP contribution in [-0.4, -0.2) is 12.4 Å². The van der Waals surface area contributed by atoms with Crippen LogP contribution in [0.15, 0.2) is 22.5 Å². The van der Waals surface area contributed by atoms with Crippen molar-refractivity contribution < 1.29 is 0 Å². The van der Waals surface area contributed by atoms with Gasteiger partial charge in [0.1, 0.15) is 0 Å². The van der Waals surface area contributed by atoms with Crippen LogP contribution >= 0.6 is 11.3 Å². The Morgan fingerprint density at radius 2 is 2.33 bits per heavy atom. The summed E-state index contributed by atoms with van der Waals surface area (Å²) in [4.78, 5) is 5.97. The quantitative estimate of drug-likeness (QED) is 0.815. The molecule has 0 bridgehead atoms. The van der Waals surface area contributed by atoms with E-state index >= 15 is 0 Å². The molecule has 2 rings (SSSR count). The SMILES string of the molecule is C[C@@H](NC1=NCCCCC1)c1cccs1. The first-order valence-electron chi connectivity index (χ1n) is 5.69. The van der Waals surface area contributed by atoms with Crippen LogP contribution in [0.1, 0.15) is 43.5 Å². The maximum Gasteiger partial charge on any atom is 0.0967 e. The van der Waals surface area contributed by atoms with E-state index in [9.17, 15) is 0 Å². The Morgan fingerprint density at radius 1 is 1.40 bits per heavy atom. The topological polar surface area (TPSA) is 24.4 Å². The Kier molecular flexibility index (Phi) is 3.78. The zero-order valence-electron chi connectivity index (χ0n) is 9.20. The molecule has 0 aliphatic carbocycles. The van der Waals surface area contributed by atoms with Gasteiger partial charge >= 0.3 is 0 Å². The fourth-order valence-electron chi connectivity index (χ4n) is 1.85. The molecule has 0 spiro atoms. The van der Waals surface area contributed by atoms with E-state index in [1.807, 2.05) is 11.3 Å². The van der Waals surface area contributed by atoms with Gasteiger partial charge in [0.05, 0.1) is 11.9 Å². The zero-order valence-corrected chi connectivity index (χ0v) is 10.0. The maximum absolute atomic E-state index is 4.58. The molecule has 0 radical (unpaired) electrons. The van der Waals surface area contributed by atoms with Gasteiger partial charge in [-0.15, -0.1) is 11.3 Å². The molecule has 3 heteroatoms. The summed E-state index contributed by atoms with van der Waals surface area (Å²) in [7, 11) is 0. The third kappa shape index (κ3) is 3.06. The van der Waals surface area contributed by atoms with Crippen molar-refractivity contribution in [2.24, 2.45) is 4.99 Å². The second-order valence-electron chi connectivity index (χ2n) is 4.02. The van der Waals surface area contributed by atoms with E-state index in [1.165, 1.54) is 30.0 Å². The summed E-state index contributed by atoms with van der Waals surface area (Å²) >= 11 is 1.81. The van der Waals surface area contributed by atoms with Gasteiger partial charge in [0.2, 0.25) is 0 Å². The zero-order chi connectivity index (χ0) is 10.5. The largest absolute Gasteiger partial charge is 0.367 e. The Balaban J connectivity index is 1.93. The van der Waals surface area contributed by atoms with Crippen LogP contribution in [0.4, 0.5) is 0 Å². The van der Waals surface area contributed by atoms with Crippen LogP contribution in [0.5, 0.6) is 0 Å². The van der Waals surface area contributed by atoms with Gasteiger partial charge in [0.25, 0.3) is 0 Å².